The van der Waals surface area contributed by atoms with Gasteiger partial charge in [0.25, 0.3) is 0 Å². The van der Waals surface area contributed by atoms with Gasteiger partial charge in [-0.1, -0.05) is 49.2 Å². The smallest absolute Gasteiger partial charge is 0.0411 e. The molecule has 1 N–H and O–H groups in total. The molecule has 0 spiro atoms. The quantitative estimate of drug-likeness (QED) is 0.802. The number of hydrogen-bond acceptors (Lipinski definition) is 1. The van der Waals surface area contributed by atoms with E-state index in [1.165, 1.54) is 11.1 Å². The highest BCUT2D eigenvalue weighted by Gasteiger charge is 1.95. The molecule has 1 rings (SSSR count). The minimum absolute atomic E-state index is 0.794. The maximum absolute atomic E-state index is 5.93. The Kier molecular flexibility index (Phi) is 5.44. The first-order valence-electron chi connectivity index (χ1n) is 5.42. The second kappa shape index (κ2) is 6.65. The van der Waals surface area contributed by atoms with Crippen LogP contribution in [-0.2, 0) is 0 Å². The van der Waals surface area contributed by atoms with Gasteiger partial charge in [0.15, 0.2) is 0 Å². The third kappa shape index (κ3) is 4.50. The van der Waals surface area contributed by atoms with Crippen molar-refractivity contribution in [1.82, 2.24) is 5.32 Å². The minimum atomic E-state index is 0.794. The first-order valence-corrected chi connectivity index (χ1v) is 5.79. The average Bonchev–Trinajstić information content (AvgIpc) is 2.24. The van der Waals surface area contributed by atoms with Gasteiger partial charge in [-0.25, -0.2) is 0 Å². The number of halogens is 1. The molecule has 0 saturated carbocycles. The molecule has 0 aromatic heterocycles. The Balaban J connectivity index is 2.74. The minimum Gasteiger partial charge on any atom is -0.313 e. The highest BCUT2D eigenvalue weighted by atomic mass is 35.5. The van der Waals surface area contributed by atoms with Gasteiger partial charge in [0.05, 0.1) is 0 Å². The molecule has 2 heteroatoms. The molecule has 0 aliphatic carbocycles. The van der Waals surface area contributed by atoms with Crippen molar-refractivity contribution in [3.63, 3.8) is 0 Å². The van der Waals surface area contributed by atoms with Crippen LogP contribution in [0.4, 0.5) is 0 Å². The molecule has 0 amide bonds. The van der Waals surface area contributed by atoms with Crippen molar-refractivity contribution in [3.05, 3.63) is 40.4 Å². The van der Waals surface area contributed by atoms with Gasteiger partial charge in [-0.05, 0) is 30.7 Å². The lowest BCUT2D eigenvalue weighted by molar-refractivity contribution is 0.762. The molecule has 0 aliphatic rings. The monoisotopic (exact) mass is 223 g/mol. The lowest BCUT2D eigenvalue weighted by Gasteiger charge is -2.05. The Morgan fingerprint density at radius 2 is 2.20 bits per heavy atom. The van der Waals surface area contributed by atoms with Crippen molar-refractivity contribution in [2.24, 2.45) is 0 Å². The number of benzene rings is 1. The Hall–Kier alpha value is -0.790. The van der Waals surface area contributed by atoms with Gasteiger partial charge in [0.2, 0.25) is 0 Å². The van der Waals surface area contributed by atoms with Crippen LogP contribution in [0.5, 0.6) is 0 Å². The van der Waals surface area contributed by atoms with Gasteiger partial charge >= 0.3 is 0 Å². The van der Waals surface area contributed by atoms with Crippen LogP contribution >= 0.6 is 11.6 Å². The van der Waals surface area contributed by atoms with Crippen LogP contribution in [0.2, 0.25) is 5.02 Å². The van der Waals surface area contributed by atoms with Crippen LogP contribution in [0.15, 0.2) is 29.8 Å². The molecule has 0 heterocycles. The van der Waals surface area contributed by atoms with Gasteiger partial charge < -0.3 is 5.32 Å². The largest absolute Gasteiger partial charge is 0.313 e. The van der Waals surface area contributed by atoms with E-state index in [0.717, 1.165) is 24.5 Å². The second-order valence-electron chi connectivity index (χ2n) is 3.49. The van der Waals surface area contributed by atoms with E-state index in [1.807, 2.05) is 18.2 Å². The van der Waals surface area contributed by atoms with Gasteiger partial charge in [-0.15, -0.1) is 0 Å². The van der Waals surface area contributed by atoms with Gasteiger partial charge in [0, 0.05) is 11.6 Å². The van der Waals surface area contributed by atoms with E-state index in [4.69, 9.17) is 11.6 Å². The Morgan fingerprint density at radius 3 is 2.80 bits per heavy atom. The average molecular weight is 224 g/mol. The van der Waals surface area contributed by atoms with E-state index in [0.29, 0.717) is 0 Å². The van der Waals surface area contributed by atoms with E-state index < -0.39 is 0 Å². The molecule has 1 aromatic carbocycles. The maximum atomic E-state index is 5.93. The first-order chi connectivity index (χ1) is 7.26. The number of likely N-dealkylation sites (N-methyl/N-ethyl adjacent to an activating group) is 1. The molecule has 0 radical (unpaired) electrons. The molecule has 0 unspecified atom stereocenters. The molecular formula is C13H18ClN. The summed E-state index contributed by atoms with van der Waals surface area (Å²) in [4.78, 5) is 0. The normalized spacial score (nSPS) is 11.8. The lowest BCUT2D eigenvalue weighted by atomic mass is 10.1. The van der Waals surface area contributed by atoms with Gasteiger partial charge in [-0.3, -0.25) is 0 Å². The summed E-state index contributed by atoms with van der Waals surface area (Å²) in [6.07, 6.45) is 3.27. The molecule has 0 fully saturated rings. The van der Waals surface area contributed by atoms with Crippen LogP contribution in [0, 0.1) is 0 Å². The predicted octanol–water partition coefficient (Wildman–Crippen LogP) is 3.74. The van der Waals surface area contributed by atoms with Crippen LogP contribution in [0.3, 0.4) is 0 Å². The summed E-state index contributed by atoms with van der Waals surface area (Å²) >= 11 is 5.93. The lowest BCUT2D eigenvalue weighted by Crippen LogP contribution is -2.15. The number of hydrogen-bond donors (Lipinski definition) is 1. The molecular weight excluding hydrogens is 206 g/mol. The second-order valence-corrected chi connectivity index (χ2v) is 3.93. The summed E-state index contributed by atoms with van der Waals surface area (Å²) in [7, 11) is 0. The Morgan fingerprint density at radius 1 is 1.40 bits per heavy atom. The van der Waals surface area contributed by atoms with Crippen molar-refractivity contribution in [2.75, 3.05) is 13.1 Å². The first kappa shape index (κ1) is 12.3. The van der Waals surface area contributed by atoms with Crippen LogP contribution < -0.4 is 5.32 Å². The standard InChI is InChI=1S/C13H18ClN/c1-3-11(10-15-4-2)8-12-6-5-7-13(14)9-12/h5-9,15H,3-4,10H2,1-2H3. The third-order valence-electron chi connectivity index (χ3n) is 2.28. The molecule has 15 heavy (non-hydrogen) atoms. The van der Waals surface area contributed by atoms with Crippen molar-refractivity contribution in [2.45, 2.75) is 20.3 Å². The summed E-state index contributed by atoms with van der Waals surface area (Å²) < 4.78 is 0. The number of nitrogens with one attached hydrogen (secondary N) is 1. The van der Waals surface area contributed by atoms with Crippen molar-refractivity contribution in [3.8, 4) is 0 Å². The summed E-state index contributed by atoms with van der Waals surface area (Å²) in [5, 5.41) is 4.13. The summed E-state index contributed by atoms with van der Waals surface area (Å²) in [6, 6.07) is 7.94. The number of rotatable bonds is 5. The topological polar surface area (TPSA) is 12.0 Å². The molecule has 0 bridgehead atoms. The third-order valence-corrected chi connectivity index (χ3v) is 2.51. The molecule has 1 aromatic rings. The maximum Gasteiger partial charge on any atom is 0.0411 e. The fraction of sp³-hybridized carbons (Fsp3) is 0.385. The van der Waals surface area contributed by atoms with Crippen molar-refractivity contribution in [1.29, 1.82) is 0 Å². The van der Waals surface area contributed by atoms with E-state index in [1.54, 1.807) is 0 Å². The molecule has 1 nitrogen and oxygen atoms in total. The zero-order valence-corrected chi connectivity index (χ0v) is 10.1. The van der Waals surface area contributed by atoms with Crippen LogP contribution in [0.1, 0.15) is 25.8 Å². The fourth-order valence-corrected chi connectivity index (χ4v) is 1.59. The summed E-state index contributed by atoms with van der Waals surface area (Å²) in [5.41, 5.74) is 2.58. The Bertz CT molecular complexity index is 331. The molecule has 0 atom stereocenters. The fourth-order valence-electron chi connectivity index (χ4n) is 1.40. The molecule has 0 saturated heterocycles. The van der Waals surface area contributed by atoms with Crippen LogP contribution in [0.25, 0.3) is 6.08 Å². The summed E-state index contributed by atoms with van der Waals surface area (Å²) in [5.74, 6) is 0. The van der Waals surface area contributed by atoms with E-state index in [2.05, 4.69) is 31.3 Å². The van der Waals surface area contributed by atoms with Gasteiger partial charge in [0.1, 0.15) is 0 Å². The zero-order chi connectivity index (χ0) is 11.1. The SMILES string of the molecule is CCNCC(=Cc1cccc(Cl)c1)CC. The van der Waals surface area contributed by atoms with Crippen LogP contribution in [-0.4, -0.2) is 13.1 Å². The van der Waals surface area contributed by atoms with Crippen molar-refractivity contribution >= 4 is 17.7 Å². The van der Waals surface area contributed by atoms with E-state index in [-0.39, 0.29) is 0 Å². The highest BCUT2D eigenvalue weighted by Crippen LogP contribution is 2.14. The summed E-state index contributed by atoms with van der Waals surface area (Å²) in [6.45, 7) is 6.26. The predicted molar refractivity (Wildman–Crippen MR) is 68.3 cm³/mol. The molecule has 0 aliphatic heterocycles. The Labute approximate surface area is 97.1 Å². The zero-order valence-electron chi connectivity index (χ0n) is 9.39. The molecule has 82 valence electrons. The van der Waals surface area contributed by atoms with Crippen molar-refractivity contribution < 1.29 is 0 Å². The van der Waals surface area contributed by atoms with E-state index >= 15 is 0 Å². The highest BCUT2D eigenvalue weighted by molar-refractivity contribution is 6.30. The van der Waals surface area contributed by atoms with Gasteiger partial charge in [-0.2, -0.15) is 0 Å². The van der Waals surface area contributed by atoms with E-state index in [9.17, 15) is 0 Å².